The lowest BCUT2D eigenvalue weighted by Crippen LogP contribution is -2.51. The molecule has 9 heteroatoms. The molecule has 1 aromatic rings. The molecule has 0 radical (unpaired) electrons. The number of ether oxygens (including phenoxy) is 2. The minimum Gasteiger partial charge on any atom is -0.486 e. The number of nitrogens with zero attached hydrogens (tertiary/aromatic N) is 3. The van der Waals surface area contributed by atoms with Crippen molar-refractivity contribution < 1.29 is 22.7 Å². The van der Waals surface area contributed by atoms with Crippen molar-refractivity contribution in [2.75, 3.05) is 63.0 Å². The molecule has 2 heterocycles. The lowest BCUT2D eigenvalue weighted by Gasteiger charge is -2.34. The van der Waals surface area contributed by atoms with E-state index in [-0.39, 0.29) is 18.2 Å². The highest BCUT2D eigenvalue weighted by Gasteiger charge is 2.28. The summed E-state index contributed by atoms with van der Waals surface area (Å²) in [7, 11) is -1.60. The highest BCUT2D eigenvalue weighted by molar-refractivity contribution is 7.92. The molecule has 0 N–H and O–H groups in total. The maximum atomic E-state index is 12.7. The van der Waals surface area contributed by atoms with Crippen LogP contribution in [0.25, 0.3) is 0 Å². The van der Waals surface area contributed by atoms with Crippen molar-refractivity contribution in [2.24, 2.45) is 0 Å². The maximum Gasteiger partial charge on any atom is 0.243 e. The molecule has 0 bridgehead atoms. The maximum absolute atomic E-state index is 12.7. The standard InChI is InChI=1S/C17H25N3O5S/c1-3-26(22,23)20(13-17(21)19-8-6-18(2)7-9-19)14-4-5-15-16(12-14)25-11-10-24-15/h4-5,12H,3,6-11,13H2,1-2H3. The number of amides is 1. The summed E-state index contributed by atoms with van der Waals surface area (Å²) in [5, 5.41) is 0. The molecule has 2 aliphatic rings. The molecule has 2 aliphatic heterocycles. The van der Waals surface area contributed by atoms with Gasteiger partial charge in [0.25, 0.3) is 0 Å². The average Bonchev–Trinajstić information content (AvgIpc) is 2.66. The lowest BCUT2D eigenvalue weighted by molar-refractivity contribution is -0.131. The summed E-state index contributed by atoms with van der Waals surface area (Å²) in [4.78, 5) is 16.5. The quantitative estimate of drug-likeness (QED) is 0.732. The molecule has 1 aromatic carbocycles. The van der Waals surface area contributed by atoms with Gasteiger partial charge in [0, 0.05) is 32.2 Å². The van der Waals surface area contributed by atoms with E-state index < -0.39 is 10.0 Å². The highest BCUT2D eigenvalue weighted by Crippen LogP contribution is 2.34. The van der Waals surface area contributed by atoms with E-state index in [9.17, 15) is 13.2 Å². The van der Waals surface area contributed by atoms with Crippen LogP contribution in [0.1, 0.15) is 6.92 Å². The Morgan fingerprint density at radius 3 is 2.42 bits per heavy atom. The number of likely N-dealkylation sites (N-methyl/N-ethyl adjacent to an activating group) is 1. The lowest BCUT2D eigenvalue weighted by atomic mass is 10.2. The molecular weight excluding hydrogens is 358 g/mol. The van der Waals surface area contributed by atoms with Crippen molar-refractivity contribution in [3.63, 3.8) is 0 Å². The van der Waals surface area contributed by atoms with Crippen LogP contribution in [0.2, 0.25) is 0 Å². The summed E-state index contributed by atoms with van der Waals surface area (Å²) in [6.45, 7) is 5.03. The predicted molar refractivity (Wildman–Crippen MR) is 98.3 cm³/mol. The van der Waals surface area contributed by atoms with E-state index in [0.29, 0.717) is 43.5 Å². The first-order chi connectivity index (χ1) is 12.4. The normalized spacial score (nSPS) is 17.8. The summed E-state index contributed by atoms with van der Waals surface area (Å²) < 4.78 is 37.4. The van der Waals surface area contributed by atoms with E-state index in [2.05, 4.69) is 4.90 Å². The largest absolute Gasteiger partial charge is 0.486 e. The summed E-state index contributed by atoms with van der Waals surface area (Å²) in [5.41, 5.74) is 0.415. The Kier molecular flexibility index (Phi) is 5.57. The van der Waals surface area contributed by atoms with Crippen molar-refractivity contribution in [1.82, 2.24) is 9.80 Å². The Hall–Kier alpha value is -2.00. The van der Waals surface area contributed by atoms with E-state index >= 15 is 0 Å². The van der Waals surface area contributed by atoms with Gasteiger partial charge in [0.05, 0.1) is 11.4 Å². The Balaban J connectivity index is 1.83. The fourth-order valence-corrected chi connectivity index (χ4v) is 4.03. The third-order valence-electron chi connectivity index (χ3n) is 4.65. The first-order valence-electron chi connectivity index (χ1n) is 8.77. The van der Waals surface area contributed by atoms with Crippen LogP contribution in [0, 0.1) is 0 Å². The molecule has 144 valence electrons. The van der Waals surface area contributed by atoms with Gasteiger partial charge in [-0.3, -0.25) is 9.10 Å². The molecule has 0 aromatic heterocycles. The van der Waals surface area contributed by atoms with Crippen LogP contribution in [-0.2, 0) is 14.8 Å². The second-order valence-corrected chi connectivity index (χ2v) is 8.60. The van der Waals surface area contributed by atoms with Crippen LogP contribution in [0.4, 0.5) is 5.69 Å². The van der Waals surface area contributed by atoms with Crippen molar-refractivity contribution in [3.05, 3.63) is 18.2 Å². The van der Waals surface area contributed by atoms with E-state index in [1.54, 1.807) is 30.0 Å². The number of benzene rings is 1. The van der Waals surface area contributed by atoms with Crippen molar-refractivity contribution >= 4 is 21.6 Å². The average molecular weight is 383 g/mol. The number of carbonyl (C=O) groups is 1. The Labute approximate surface area is 154 Å². The van der Waals surface area contributed by atoms with Gasteiger partial charge in [-0.05, 0) is 26.1 Å². The zero-order valence-corrected chi connectivity index (χ0v) is 16.0. The summed E-state index contributed by atoms with van der Waals surface area (Å²) >= 11 is 0. The van der Waals surface area contributed by atoms with Gasteiger partial charge in [0.1, 0.15) is 19.8 Å². The van der Waals surface area contributed by atoms with Crippen LogP contribution >= 0.6 is 0 Å². The number of piperazine rings is 1. The second-order valence-electron chi connectivity index (χ2n) is 6.42. The Morgan fingerprint density at radius 1 is 1.12 bits per heavy atom. The van der Waals surface area contributed by atoms with E-state index in [1.807, 2.05) is 7.05 Å². The van der Waals surface area contributed by atoms with Crippen LogP contribution in [-0.4, -0.2) is 82.9 Å². The van der Waals surface area contributed by atoms with Crippen molar-refractivity contribution in [3.8, 4) is 11.5 Å². The monoisotopic (exact) mass is 383 g/mol. The minimum atomic E-state index is -3.61. The summed E-state index contributed by atoms with van der Waals surface area (Å²) in [6, 6.07) is 4.96. The van der Waals surface area contributed by atoms with Crippen LogP contribution in [0.15, 0.2) is 18.2 Å². The molecule has 0 aliphatic carbocycles. The van der Waals surface area contributed by atoms with Gasteiger partial charge < -0.3 is 19.3 Å². The first-order valence-corrected chi connectivity index (χ1v) is 10.4. The third kappa shape index (κ3) is 4.04. The SMILES string of the molecule is CCS(=O)(=O)N(CC(=O)N1CCN(C)CC1)c1ccc2c(c1)OCCO2. The fraction of sp³-hybridized carbons (Fsp3) is 0.588. The van der Waals surface area contributed by atoms with E-state index in [1.165, 1.54) is 4.31 Å². The zero-order chi connectivity index (χ0) is 18.7. The van der Waals surface area contributed by atoms with Crippen LogP contribution < -0.4 is 13.8 Å². The van der Waals surface area contributed by atoms with Gasteiger partial charge in [-0.2, -0.15) is 0 Å². The van der Waals surface area contributed by atoms with Gasteiger partial charge in [-0.15, -0.1) is 0 Å². The summed E-state index contributed by atoms with van der Waals surface area (Å²) in [6.07, 6.45) is 0. The van der Waals surface area contributed by atoms with Gasteiger partial charge in [0.2, 0.25) is 15.9 Å². The minimum absolute atomic E-state index is 0.0859. The molecule has 8 nitrogen and oxygen atoms in total. The smallest absolute Gasteiger partial charge is 0.243 e. The number of fused-ring (bicyclic) bond motifs is 1. The van der Waals surface area contributed by atoms with Gasteiger partial charge in [-0.25, -0.2) is 8.42 Å². The van der Waals surface area contributed by atoms with Gasteiger partial charge in [0.15, 0.2) is 11.5 Å². The second kappa shape index (κ2) is 7.71. The fourth-order valence-electron chi connectivity index (χ4n) is 2.97. The van der Waals surface area contributed by atoms with Crippen LogP contribution in [0.3, 0.4) is 0 Å². The number of hydrogen-bond donors (Lipinski definition) is 0. The third-order valence-corrected chi connectivity index (χ3v) is 6.39. The van der Waals surface area contributed by atoms with E-state index in [0.717, 1.165) is 13.1 Å². The molecule has 3 rings (SSSR count). The van der Waals surface area contributed by atoms with Gasteiger partial charge >= 0.3 is 0 Å². The number of sulfonamides is 1. The van der Waals surface area contributed by atoms with Gasteiger partial charge in [-0.1, -0.05) is 0 Å². The highest BCUT2D eigenvalue weighted by atomic mass is 32.2. The number of rotatable bonds is 5. The zero-order valence-electron chi connectivity index (χ0n) is 15.2. The number of hydrogen-bond acceptors (Lipinski definition) is 6. The first kappa shape index (κ1) is 18.8. The molecule has 1 fully saturated rings. The number of anilines is 1. The Bertz CT molecular complexity index is 760. The Morgan fingerprint density at radius 2 is 1.77 bits per heavy atom. The molecule has 1 saturated heterocycles. The van der Waals surface area contributed by atoms with Crippen molar-refractivity contribution in [1.29, 1.82) is 0 Å². The summed E-state index contributed by atoms with van der Waals surface area (Å²) in [5.74, 6) is 0.804. The molecule has 0 atom stereocenters. The van der Waals surface area contributed by atoms with Crippen LogP contribution in [0.5, 0.6) is 11.5 Å². The van der Waals surface area contributed by atoms with Crippen molar-refractivity contribution in [2.45, 2.75) is 6.92 Å². The molecule has 0 unspecified atom stereocenters. The molecule has 0 spiro atoms. The topological polar surface area (TPSA) is 79.4 Å². The number of carbonyl (C=O) groups excluding carboxylic acids is 1. The molecule has 0 saturated carbocycles. The predicted octanol–water partition coefficient (Wildman–Crippen LogP) is 0.388. The van der Waals surface area contributed by atoms with E-state index in [4.69, 9.17) is 9.47 Å². The molecule has 1 amide bonds. The molecular formula is C17H25N3O5S. The molecule has 26 heavy (non-hydrogen) atoms.